The van der Waals surface area contributed by atoms with Crippen LogP contribution in [0.1, 0.15) is 15.9 Å². The number of sulfone groups is 1. The van der Waals surface area contributed by atoms with Crippen LogP contribution in [0.25, 0.3) is 6.08 Å². The van der Waals surface area contributed by atoms with E-state index in [2.05, 4.69) is 5.32 Å². The lowest BCUT2D eigenvalue weighted by molar-refractivity contribution is -0.118. The third-order valence-corrected chi connectivity index (χ3v) is 7.19. The van der Waals surface area contributed by atoms with Gasteiger partial charge in [0.25, 0.3) is 5.91 Å². The minimum Gasteiger partial charge on any atom is -0.493 e. The van der Waals surface area contributed by atoms with Crippen LogP contribution in [-0.2, 0) is 14.6 Å². The Morgan fingerprint density at radius 3 is 2.56 bits per heavy atom. The number of fused-ring (bicyclic) bond motifs is 1. The van der Waals surface area contributed by atoms with E-state index in [1.54, 1.807) is 54.6 Å². The number of carbonyl (C=O) groups excluding carboxylic acids is 2. The van der Waals surface area contributed by atoms with Crippen LogP contribution in [0, 0.1) is 0 Å². The van der Waals surface area contributed by atoms with Crippen LogP contribution in [0.5, 0.6) is 11.5 Å². The van der Waals surface area contributed by atoms with E-state index in [-0.39, 0.29) is 34.2 Å². The minimum atomic E-state index is -3.61. The molecule has 9 heteroatoms. The molecule has 3 aromatic carbocycles. The van der Waals surface area contributed by atoms with Gasteiger partial charge >= 0.3 is 0 Å². The SMILES string of the molecule is COc1cc(/C=C2\CS(=O)(=O)c3ccccc3C2=O)ccc1OCC(=O)Nc1ccccc1Cl. The van der Waals surface area contributed by atoms with Crippen LogP contribution in [0.2, 0.25) is 5.02 Å². The van der Waals surface area contributed by atoms with Crippen molar-refractivity contribution in [2.45, 2.75) is 4.90 Å². The maximum atomic E-state index is 12.8. The van der Waals surface area contributed by atoms with Crippen molar-refractivity contribution in [1.29, 1.82) is 0 Å². The number of methoxy groups -OCH3 is 1. The van der Waals surface area contributed by atoms with Gasteiger partial charge in [-0.15, -0.1) is 0 Å². The third-order valence-electron chi connectivity index (χ3n) is 5.14. The molecule has 0 bridgehead atoms. The van der Waals surface area contributed by atoms with Crippen LogP contribution < -0.4 is 14.8 Å². The number of benzene rings is 3. The number of nitrogens with one attached hydrogen (secondary N) is 1. The second-order valence-corrected chi connectivity index (χ2v) is 9.85. The van der Waals surface area contributed by atoms with Crippen LogP contribution in [0.15, 0.2) is 77.2 Å². The summed E-state index contributed by atoms with van der Waals surface area (Å²) in [5.41, 5.74) is 1.35. The second-order valence-electron chi connectivity index (χ2n) is 7.48. The molecule has 0 aliphatic carbocycles. The number of hydrogen-bond acceptors (Lipinski definition) is 6. The molecule has 0 spiro atoms. The Hall–Kier alpha value is -3.62. The summed E-state index contributed by atoms with van der Waals surface area (Å²) >= 11 is 6.04. The summed E-state index contributed by atoms with van der Waals surface area (Å²) in [6, 6.07) is 17.9. The largest absolute Gasteiger partial charge is 0.493 e. The molecule has 0 aromatic heterocycles. The second kappa shape index (κ2) is 9.70. The molecule has 1 heterocycles. The van der Waals surface area contributed by atoms with Crippen LogP contribution >= 0.6 is 11.6 Å². The lowest BCUT2D eigenvalue weighted by Gasteiger charge is -2.18. The molecule has 0 atom stereocenters. The number of Topliss-reactive ketones (excluding diaryl/α,β-unsaturated/α-hetero) is 1. The topological polar surface area (TPSA) is 98.8 Å². The van der Waals surface area contributed by atoms with Gasteiger partial charge in [-0.2, -0.15) is 0 Å². The highest BCUT2D eigenvalue weighted by Gasteiger charge is 2.32. The summed E-state index contributed by atoms with van der Waals surface area (Å²) in [5.74, 6) is -0.483. The Morgan fingerprint density at radius 1 is 1.06 bits per heavy atom. The van der Waals surface area contributed by atoms with E-state index in [0.29, 0.717) is 27.8 Å². The molecule has 1 aliphatic heterocycles. The number of carbonyl (C=O) groups is 2. The molecule has 0 fully saturated rings. The van der Waals surface area contributed by atoms with E-state index in [0.717, 1.165) is 0 Å². The summed E-state index contributed by atoms with van der Waals surface area (Å²) in [4.78, 5) is 25.1. The zero-order valence-corrected chi connectivity index (χ0v) is 19.7. The Balaban J connectivity index is 1.51. The molecule has 0 radical (unpaired) electrons. The van der Waals surface area contributed by atoms with Gasteiger partial charge in [-0.05, 0) is 48.0 Å². The van der Waals surface area contributed by atoms with Crippen molar-refractivity contribution in [3.63, 3.8) is 0 Å². The smallest absolute Gasteiger partial charge is 0.262 e. The number of para-hydroxylation sites is 1. The molecule has 1 amide bonds. The molecule has 0 saturated heterocycles. The number of hydrogen-bond donors (Lipinski definition) is 1. The van der Waals surface area contributed by atoms with E-state index in [1.165, 1.54) is 25.3 Å². The van der Waals surface area contributed by atoms with E-state index in [1.807, 2.05) is 0 Å². The number of halogens is 1. The van der Waals surface area contributed by atoms with E-state index in [9.17, 15) is 18.0 Å². The van der Waals surface area contributed by atoms with Crippen molar-refractivity contribution >= 4 is 44.9 Å². The first-order valence-corrected chi connectivity index (χ1v) is 12.2. The minimum absolute atomic E-state index is 0.0496. The summed E-state index contributed by atoms with van der Waals surface area (Å²) in [6.07, 6.45) is 1.52. The standard InChI is InChI=1S/C25H20ClNO6S/c1-32-22-13-16(12-17-15-34(30,31)23-9-5-2-6-18(23)25(17)29)10-11-21(22)33-14-24(28)27-20-8-4-3-7-19(20)26/h2-13H,14-15H2,1H3,(H,27,28)/b17-12+. The van der Waals surface area contributed by atoms with Gasteiger partial charge in [0.2, 0.25) is 0 Å². The summed E-state index contributed by atoms with van der Waals surface area (Å²) in [7, 11) is -2.17. The lowest BCUT2D eigenvalue weighted by atomic mass is 10.0. The van der Waals surface area contributed by atoms with Crippen molar-refractivity contribution in [3.8, 4) is 11.5 Å². The number of ether oxygens (including phenoxy) is 2. The quantitative estimate of drug-likeness (QED) is 0.506. The normalized spacial score (nSPS) is 15.5. The molecule has 3 aromatic rings. The van der Waals surface area contributed by atoms with Crippen molar-refractivity contribution in [3.05, 3.63) is 88.5 Å². The average molecular weight is 498 g/mol. The fraction of sp³-hybridized carbons (Fsp3) is 0.120. The molecule has 0 saturated carbocycles. The van der Waals surface area contributed by atoms with Gasteiger partial charge in [-0.3, -0.25) is 9.59 Å². The summed E-state index contributed by atoms with van der Waals surface area (Å²) in [6.45, 7) is -0.282. The first kappa shape index (κ1) is 23.5. The maximum absolute atomic E-state index is 12.8. The summed E-state index contributed by atoms with van der Waals surface area (Å²) < 4.78 is 36.2. The van der Waals surface area contributed by atoms with Crippen molar-refractivity contribution in [2.75, 3.05) is 24.8 Å². The molecule has 1 aliphatic rings. The number of amides is 1. The highest BCUT2D eigenvalue weighted by Crippen LogP contribution is 2.32. The Bertz CT molecular complexity index is 1410. The first-order valence-electron chi connectivity index (χ1n) is 10.2. The Morgan fingerprint density at radius 2 is 1.79 bits per heavy atom. The zero-order valence-electron chi connectivity index (χ0n) is 18.1. The molecule has 4 rings (SSSR count). The van der Waals surface area contributed by atoms with E-state index < -0.39 is 15.7 Å². The molecule has 1 N–H and O–H groups in total. The zero-order chi connectivity index (χ0) is 24.3. The van der Waals surface area contributed by atoms with Crippen LogP contribution in [0.4, 0.5) is 5.69 Å². The highest BCUT2D eigenvalue weighted by molar-refractivity contribution is 7.91. The fourth-order valence-electron chi connectivity index (χ4n) is 3.54. The Kier molecular flexibility index (Phi) is 6.72. The number of ketones is 1. The van der Waals surface area contributed by atoms with Gasteiger partial charge in [0, 0.05) is 11.1 Å². The van der Waals surface area contributed by atoms with E-state index in [4.69, 9.17) is 21.1 Å². The molecular formula is C25H20ClNO6S. The predicted octanol–water partition coefficient (Wildman–Crippen LogP) is 4.42. The molecular weight excluding hydrogens is 478 g/mol. The third kappa shape index (κ3) is 4.98. The van der Waals surface area contributed by atoms with E-state index >= 15 is 0 Å². The van der Waals surface area contributed by atoms with Gasteiger partial charge in [-0.25, -0.2) is 8.42 Å². The fourth-order valence-corrected chi connectivity index (χ4v) is 5.28. The Labute approximate surface area is 201 Å². The lowest BCUT2D eigenvalue weighted by Crippen LogP contribution is -2.24. The van der Waals surface area contributed by atoms with Gasteiger partial charge in [0.05, 0.1) is 28.5 Å². The first-order chi connectivity index (χ1) is 16.3. The number of anilines is 1. The molecule has 0 unspecified atom stereocenters. The predicted molar refractivity (Wildman–Crippen MR) is 129 cm³/mol. The molecule has 174 valence electrons. The van der Waals surface area contributed by atoms with Crippen LogP contribution in [0.3, 0.4) is 0 Å². The molecule has 7 nitrogen and oxygen atoms in total. The highest BCUT2D eigenvalue weighted by atomic mass is 35.5. The van der Waals surface area contributed by atoms with Crippen molar-refractivity contribution in [1.82, 2.24) is 0 Å². The maximum Gasteiger partial charge on any atom is 0.262 e. The van der Waals surface area contributed by atoms with Crippen LogP contribution in [-0.4, -0.2) is 39.6 Å². The van der Waals surface area contributed by atoms with Gasteiger partial charge in [0.15, 0.2) is 33.7 Å². The monoisotopic (exact) mass is 497 g/mol. The van der Waals surface area contributed by atoms with Gasteiger partial charge in [-0.1, -0.05) is 41.9 Å². The van der Waals surface area contributed by atoms with Crippen molar-refractivity contribution < 1.29 is 27.5 Å². The molecule has 34 heavy (non-hydrogen) atoms. The van der Waals surface area contributed by atoms with Crippen molar-refractivity contribution in [2.24, 2.45) is 0 Å². The summed E-state index contributed by atoms with van der Waals surface area (Å²) in [5, 5.41) is 3.07. The number of rotatable bonds is 6. The average Bonchev–Trinajstić information content (AvgIpc) is 2.83. The van der Waals surface area contributed by atoms with Gasteiger partial charge in [0.1, 0.15) is 0 Å². The van der Waals surface area contributed by atoms with Gasteiger partial charge < -0.3 is 14.8 Å².